The van der Waals surface area contributed by atoms with Gasteiger partial charge < -0.3 is 4.90 Å². The van der Waals surface area contributed by atoms with Crippen LogP contribution in [-0.4, -0.2) is 29.7 Å². The summed E-state index contributed by atoms with van der Waals surface area (Å²) in [6, 6.07) is 9.28. The summed E-state index contributed by atoms with van der Waals surface area (Å²) in [5.74, 6) is 6.67. The third kappa shape index (κ3) is 9.70. The summed E-state index contributed by atoms with van der Waals surface area (Å²) in [5, 5.41) is 0. The van der Waals surface area contributed by atoms with Gasteiger partial charge in [-0.1, -0.05) is 138 Å². The molecule has 0 bridgehead atoms. The lowest BCUT2D eigenvalue weighted by Gasteiger charge is -2.68. The van der Waals surface area contributed by atoms with Crippen LogP contribution in [0.1, 0.15) is 197 Å². The second-order valence-corrected chi connectivity index (χ2v) is 20.6. The lowest BCUT2D eigenvalue weighted by atomic mass is 9.36. The first-order chi connectivity index (χ1) is 26.0. The van der Waals surface area contributed by atoms with Gasteiger partial charge in [-0.25, -0.2) is 0 Å². The molecule has 6 aliphatic carbocycles. The normalized spacial score (nSPS) is 35.2. The first-order valence-electron chi connectivity index (χ1n) is 23.6. The fourth-order valence-corrected chi connectivity index (χ4v) is 13.0. The fraction of sp³-hybridized carbons (Fsp3) is 0.808. The van der Waals surface area contributed by atoms with Crippen molar-refractivity contribution in [2.75, 3.05) is 13.1 Å². The Morgan fingerprint density at radius 1 is 0.764 bits per heavy atom. The molecule has 3 heteroatoms. The number of rotatable bonds is 4. The molecule has 7 aliphatic rings. The van der Waals surface area contributed by atoms with E-state index >= 15 is 0 Å². The van der Waals surface area contributed by atoms with Crippen LogP contribution in [0.15, 0.2) is 30.3 Å². The van der Waals surface area contributed by atoms with Gasteiger partial charge in [0.05, 0.1) is 0 Å². The van der Waals surface area contributed by atoms with Crippen LogP contribution in [0.3, 0.4) is 0 Å². The molecule has 1 amide bonds. The lowest BCUT2D eigenvalue weighted by Crippen LogP contribution is -2.61. The van der Waals surface area contributed by atoms with Crippen molar-refractivity contribution in [1.82, 2.24) is 4.90 Å². The molecule has 8 unspecified atom stereocenters. The van der Waals surface area contributed by atoms with Crippen molar-refractivity contribution in [3.63, 3.8) is 0 Å². The van der Waals surface area contributed by atoms with Gasteiger partial charge in [0.1, 0.15) is 5.78 Å². The van der Waals surface area contributed by atoms with Crippen LogP contribution < -0.4 is 0 Å². The average molecular weight is 758 g/mol. The van der Waals surface area contributed by atoms with E-state index in [1.165, 1.54) is 107 Å². The van der Waals surface area contributed by atoms with E-state index in [2.05, 4.69) is 92.7 Å². The third-order valence-corrected chi connectivity index (χ3v) is 16.6. The highest BCUT2D eigenvalue weighted by molar-refractivity contribution is 5.83. The molecule has 1 heterocycles. The molecule has 0 radical (unpaired) electrons. The van der Waals surface area contributed by atoms with Crippen LogP contribution in [0.25, 0.3) is 5.57 Å². The summed E-state index contributed by atoms with van der Waals surface area (Å²) in [6.07, 6.45) is 23.0. The minimum atomic E-state index is 0.0456. The molecule has 55 heavy (non-hydrogen) atoms. The van der Waals surface area contributed by atoms with Gasteiger partial charge in [0.15, 0.2) is 0 Å². The topological polar surface area (TPSA) is 37.4 Å². The van der Waals surface area contributed by atoms with Crippen molar-refractivity contribution in [3.8, 4) is 0 Å². The number of nitrogens with zero attached hydrogens (tertiary/aromatic N) is 1. The molecule has 3 nitrogen and oxygen atoms in total. The molecule has 1 aliphatic heterocycles. The van der Waals surface area contributed by atoms with Gasteiger partial charge in [0, 0.05) is 24.9 Å². The second kappa shape index (κ2) is 19.2. The van der Waals surface area contributed by atoms with Gasteiger partial charge in [-0.2, -0.15) is 0 Å². The first kappa shape index (κ1) is 45.8. The second-order valence-electron chi connectivity index (χ2n) is 20.6. The number of carbonyl (C=O) groups excluding carboxylic acids is 2. The number of benzene rings is 1. The Hall–Kier alpha value is -1.90. The van der Waals surface area contributed by atoms with Gasteiger partial charge in [0.25, 0.3) is 0 Å². The van der Waals surface area contributed by atoms with E-state index in [9.17, 15) is 9.59 Å². The van der Waals surface area contributed by atoms with Crippen molar-refractivity contribution in [2.45, 2.75) is 193 Å². The van der Waals surface area contributed by atoms with Gasteiger partial charge >= 0.3 is 0 Å². The lowest BCUT2D eigenvalue weighted by molar-refractivity contribution is -0.180. The van der Waals surface area contributed by atoms with Crippen LogP contribution in [-0.2, 0) is 9.59 Å². The van der Waals surface area contributed by atoms with Crippen LogP contribution in [0.2, 0.25) is 0 Å². The maximum absolute atomic E-state index is 12.9. The molecular formula is C52H87NO2. The number of fused-ring (bicyclic) bond motifs is 7. The summed E-state index contributed by atoms with van der Waals surface area (Å²) in [7, 11) is 0. The van der Waals surface area contributed by atoms with Crippen LogP contribution in [0, 0.1) is 70.0 Å². The Kier molecular flexibility index (Phi) is 16.0. The maximum atomic E-state index is 12.9. The van der Waals surface area contributed by atoms with Gasteiger partial charge in [-0.05, 0) is 153 Å². The van der Waals surface area contributed by atoms with E-state index in [4.69, 9.17) is 0 Å². The molecule has 6 fully saturated rings. The van der Waals surface area contributed by atoms with Crippen molar-refractivity contribution in [2.24, 2.45) is 63.1 Å². The summed E-state index contributed by atoms with van der Waals surface area (Å²) in [4.78, 5) is 25.8. The SMILES string of the molecule is CC.CC(=O)C12CCCC1C1CCC3C(C)(CCC4C(C)(C)C(c5ccc(C)cc5)=CCC43C)C1CC2.CC1CC1.CCC(=O)N1CCCC1.CCC(C)C. The average Bonchev–Trinajstić information content (AvgIpc) is 3.55. The fourth-order valence-electron chi connectivity index (χ4n) is 13.0. The van der Waals surface area contributed by atoms with Gasteiger partial charge in [-0.15, -0.1) is 0 Å². The van der Waals surface area contributed by atoms with Crippen LogP contribution in [0.4, 0.5) is 0 Å². The highest BCUT2D eigenvalue weighted by Crippen LogP contribution is 2.73. The number of hydrogen-bond acceptors (Lipinski definition) is 2. The highest BCUT2D eigenvalue weighted by Gasteiger charge is 2.66. The van der Waals surface area contributed by atoms with Gasteiger partial charge in [0.2, 0.25) is 5.91 Å². The number of Topliss-reactive ketones (excluding diaryl/α,β-unsaturated/α-hetero) is 1. The maximum Gasteiger partial charge on any atom is 0.222 e. The number of ketones is 1. The standard InChI is InChI=1S/C34H48O.C7H13NO.C5H12.C4H8.C2H6/c1-22-9-11-24(12-10-22)26-15-19-33(6)29(31(26,3)4)17-20-32(5)27-16-21-34(23(2)35)18-7-8-28(34)25(27)13-14-30(32)33;1-2-7(9)8-5-3-4-6-8;1-4-5(2)3;1-4-2-3-4;1-2/h9-12,15,25,27-30H,7-8,13-14,16-21H2,1-6H3;2-6H2,1H3;5H,4H2,1-3H3;4H,2-3H2,1H3;1-2H3. The smallest absolute Gasteiger partial charge is 0.222 e. The Morgan fingerprint density at radius 2 is 1.36 bits per heavy atom. The van der Waals surface area contributed by atoms with E-state index in [1.807, 2.05) is 32.6 Å². The largest absolute Gasteiger partial charge is 0.343 e. The van der Waals surface area contributed by atoms with Gasteiger partial charge in [-0.3, -0.25) is 9.59 Å². The van der Waals surface area contributed by atoms with Crippen molar-refractivity contribution in [3.05, 3.63) is 41.5 Å². The minimum absolute atomic E-state index is 0.0456. The van der Waals surface area contributed by atoms with Crippen LogP contribution >= 0.6 is 0 Å². The Morgan fingerprint density at radius 3 is 1.89 bits per heavy atom. The zero-order valence-electron chi connectivity index (χ0n) is 38.4. The number of carbonyl (C=O) groups is 2. The quantitative estimate of drug-likeness (QED) is 0.307. The molecule has 312 valence electrons. The summed E-state index contributed by atoms with van der Waals surface area (Å²) >= 11 is 0. The predicted octanol–water partition coefficient (Wildman–Crippen LogP) is 14.6. The third-order valence-electron chi connectivity index (χ3n) is 16.6. The Bertz CT molecular complexity index is 1410. The highest BCUT2D eigenvalue weighted by atomic mass is 16.2. The van der Waals surface area contributed by atoms with E-state index in [0.29, 0.717) is 34.9 Å². The number of hydrogen-bond donors (Lipinski definition) is 0. The van der Waals surface area contributed by atoms with Crippen LogP contribution in [0.5, 0.6) is 0 Å². The van der Waals surface area contributed by atoms with Crippen molar-refractivity contribution >= 4 is 17.3 Å². The Balaban J connectivity index is 0.000000275. The number of likely N-dealkylation sites (tertiary alicyclic amines) is 1. The van der Waals surface area contributed by atoms with E-state index < -0.39 is 0 Å². The zero-order chi connectivity index (χ0) is 40.8. The predicted molar refractivity (Wildman–Crippen MR) is 237 cm³/mol. The van der Waals surface area contributed by atoms with E-state index in [-0.39, 0.29) is 10.8 Å². The summed E-state index contributed by atoms with van der Waals surface area (Å²) in [6.45, 7) is 31.4. The molecule has 8 rings (SSSR count). The Labute approximate surface area is 341 Å². The summed E-state index contributed by atoms with van der Waals surface area (Å²) < 4.78 is 0. The number of allylic oxidation sites excluding steroid dienone is 2. The molecule has 0 aromatic heterocycles. The van der Waals surface area contributed by atoms with E-state index in [0.717, 1.165) is 48.6 Å². The summed E-state index contributed by atoms with van der Waals surface area (Å²) in [5.41, 5.74) is 5.47. The molecule has 1 saturated heterocycles. The molecule has 1 aromatic rings. The zero-order valence-corrected chi connectivity index (χ0v) is 38.4. The van der Waals surface area contributed by atoms with Crippen molar-refractivity contribution < 1.29 is 9.59 Å². The molecule has 0 spiro atoms. The number of aryl methyl sites for hydroxylation is 1. The van der Waals surface area contributed by atoms with E-state index in [1.54, 1.807) is 5.57 Å². The molecule has 8 atom stereocenters. The molecule has 5 saturated carbocycles. The number of amides is 1. The first-order valence-corrected chi connectivity index (χ1v) is 23.6. The van der Waals surface area contributed by atoms with Crippen molar-refractivity contribution in [1.29, 1.82) is 0 Å². The minimum Gasteiger partial charge on any atom is -0.343 e. The molecule has 0 N–H and O–H groups in total. The molecule has 1 aromatic carbocycles. The molecular weight excluding hydrogens is 671 g/mol. The monoisotopic (exact) mass is 758 g/mol.